The highest BCUT2D eigenvalue weighted by atomic mass is 79.9. The summed E-state index contributed by atoms with van der Waals surface area (Å²) in [4.78, 5) is 37.3. The summed E-state index contributed by atoms with van der Waals surface area (Å²) in [5.41, 5.74) is -0.274. The molecule has 0 spiro atoms. The van der Waals surface area contributed by atoms with Crippen LogP contribution in [0.5, 0.6) is 0 Å². The molecule has 1 aromatic rings. The van der Waals surface area contributed by atoms with E-state index in [0.717, 1.165) is 4.47 Å². The highest BCUT2D eigenvalue weighted by molar-refractivity contribution is 9.10. The van der Waals surface area contributed by atoms with Crippen LogP contribution in [0.2, 0.25) is 0 Å². The van der Waals surface area contributed by atoms with E-state index in [2.05, 4.69) is 15.9 Å². The van der Waals surface area contributed by atoms with Crippen molar-refractivity contribution in [2.45, 2.75) is 45.3 Å². The van der Waals surface area contributed by atoms with Crippen molar-refractivity contribution in [1.82, 2.24) is 4.90 Å². The van der Waals surface area contributed by atoms with Crippen LogP contribution in [-0.4, -0.2) is 33.5 Å². The van der Waals surface area contributed by atoms with Gasteiger partial charge in [-0.3, -0.25) is 9.59 Å². The van der Waals surface area contributed by atoms with Gasteiger partial charge in [-0.1, -0.05) is 28.1 Å². The number of aliphatic hydroxyl groups is 1. The normalized spacial score (nSPS) is 20.0. The lowest BCUT2D eigenvalue weighted by molar-refractivity contribution is -0.153. The molecule has 0 bridgehead atoms. The van der Waals surface area contributed by atoms with Crippen molar-refractivity contribution < 1.29 is 24.2 Å². The number of carbonyl (C=O) groups excluding carboxylic acids is 3. The van der Waals surface area contributed by atoms with E-state index in [9.17, 15) is 19.5 Å². The topological polar surface area (TPSA) is 83.9 Å². The third-order valence-electron chi connectivity index (χ3n) is 3.62. The van der Waals surface area contributed by atoms with Crippen LogP contribution in [-0.2, 0) is 14.3 Å². The molecule has 1 fully saturated rings. The fourth-order valence-corrected chi connectivity index (χ4v) is 2.75. The monoisotopic (exact) mass is 397 g/mol. The van der Waals surface area contributed by atoms with Gasteiger partial charge >= 0.3 is 6.09 Å². The molecule has 1 saturated heterocycles. The van der Waals surface area contributed by atoms with Gasteiger partial charge in [0.25, 0.3) is 0 Å². The van der Waals surface area contributed by atoms with Crippen molar-refractivity contribution >= 4 is 33.8 Å². The molecule has 1 heterocycles. The first-order valence-corrected chi connectivity index (χ1v) is 8.43. The summed E-state index contributed by atoms with van der Waals surface area (Å²) in [5.74, 6) is -2.19. The minimum Gasteiger partial charge on any atom is -0.443 e. The predicted octanol–water partition coefficient (Wildman–Crippen LogP) is 3.18. The molecule has 2 unspecified atom stereocenters. The summed E-state index contributed by atoms with van der Waals surface area (Å²) in [7, 11) is 0. The number of aliphatic hydroxyl groups excluding tert-OH is 1. The highest BCUT2D eigenvalue weighted by Gasteiger charge is 2.43. The lowest BCUT2D eigenvalue weighted by Crippen LogP contribution is -2.51. The molecule has 1 aliphatic heterocycles. The fourth-order valence-electron chi connectivity index (χ4n) is 2.49. The van der Waals surface area contributed by atoms with Gasteiger partial charge in [0.05, 0.1) is 12.0 Å². The molecule has 2 atom stereocenters. The average molecular weight is 398 g/mol. The maximum Gasteiger partial charge on any atom is 0.424 e. The quantitative estimate of drug-likeness (QED) is 0.774. The van der Waals surface area contributed by atoms with Crippen LogP contribution in [0, 0.1) is 5.92 Å². The smallest absolute Gasteiger partial charge is 0.424 e. The highest BCUT2D eigenvalue weighted by Crippen LogP contribution is 2.32. The van der Waals surface area contributed by atoms with E-state index < -0.39 is 35.5 Å². The number of likely N-dealkylation sites (tertiary alicyclic amines) is 1. The largest absolute Gasteiger partial charge is 0.443 e. The minimum atomic E-state index is -1.09. The number of hydrogen-bond donors (Lipinski definition) is 1. The first-order chi connectivity index (χ1) is 11.1. The Morgan fingerprint density at radius 1 is 1.29 bits per heavy atom. The summed E-state index contributed by atoms with van der Waals surface area (Å²) in [6.07, 6.45) is -1.90. The molecule has 0 saturated carbocycles. The molecule has 7 heteroatoms. The Kier molecular flexibility index (Phi) is 5.45. The van der Waals surface area contributed by atoms with Gasteiger partial charge < -0.3 is 9.84 Å². The lowest BCUT2D eigenvalue weighted by atomic mass is 9.87. The summed E-state index contributed by atoms with van der Waals surface area (Å²) in [5, 5.41) is 10.5. The first-order valence-electron chi connectivity index (χ1n) is 7.63. The van der Waals surface area contributed by atoms with Crippen LogP contribution < -0.4 is 0 Å². The van der Waals surface area contributed by atoms with Crippen LogP contribution >= 0.6 is 15.9 Å². The standard InChI is InChI=1S/C17H20BrNO5/c1-17(2,3)24-16(23)19-13(20)9-8-12(15(19)22)14(21)10-4-6-11(18)7-5-10/h4-7,12,14,21H,8-9H2,1-3H3. The van der Waals surface area contributed by atoms with Gasteiger partial charge in [-0.25, -0.2) is 4.79 Å². The Bertz CT molecular complexity index is 650. The maximum absolute atomic E-state index is 12.6. The number of rotatable bonds is 2. The summed E-state index contributed by atoms with van der Waals surface area (Å²) >= 11 is 3.30. The number of carbonyl (C=O) groups is 3. The van der Waals surface area contributed by atoms with Gasteiger partial charge in [0, 0.05) is 10.9 Å². The molecule has 24 heavy (non-hydrogen) atoms. The van der Waals surface area contributed by atoms with Crippen molar-refractivity contribution in [1.29, 1.82) is 0 Å². The number of halogens is 1. The molecule has 0 aromatic heterocycles. The number of imide groups is 3. The Labute approximate surface area is 148 Å². The molecule has 0 aliphatic carbocycles. The Morgan fingerprint density at radius 2 is 1.88 bits per heavy atom. The molecule has 1 aromatic carbocycles. The zero-order valence-corrected chi connectivity index (χ0v) is 15.4. The van der Waals surface area contributed by atoms with Crippen LogP contribution in [0.3, 0.4) is 0 Å². The summed E-state index contributed by atoms with van der Waals surface area (Å²) in [6, 6.07) is 6.89. The summed E-state index contributed by atoms with van der Waals surface area (Å²) < 4.78 is 5.97. The second kappa shape index (κ2) is 7.03. The number of ether oxygens (including phenoxy) is 1. The minimum absolute atomic E-state index is 0.00321. The van der Waals surface area contributed by atoms with E-state index in [1.54, 1.807) is 45.0 Å². The second-order valence-electron chi connectivity index (χ2n) is 6.69. The molecule has 3 amide bonds. The van der Waals surface area contributed by atoms with Crippen molar-refractivity contribution in [2.24, 2.45) is 5.92 Å². The van der Waals surface area contributed by atoms with Gasteiger partial charge in [0.15, 0.2) is 0 Å². The second-order valence-corrected chi connectivity index (χ2v) is 7.60. The van der Waals surface area contributed by atoms with Gasteiger partial charge in [0.2, 0.25) is 11.8 Å². The van der Waals surface area contributed by atoms with Crippen molar-refractivity contribution in [3.05, 3.63) is 34.3 Å². The SMILES string of the molecule is CC(C)(C)OC(=O)N1C(=O)CCC(C(O)c2ccc(Br)cc2)C1=O. The Hall–Kier alpha value is -1.73. The molecule has 130 valence electrons. The van der Waals surface area contributed by atoms with Crippen molar-refractivity contribution in [3.8, 4) is 0 Å². The first kappa shape index (κ1) is 18.6. The Balaban J connectivity index is 2.21. The lowest BCUT2D eigenvalue weighted by Gasteiger charge is -2.33. The van der Waals surface area contributed by atoms with E-state index in [1.165, 1.54) is 0 Å². The van der Waals surface area contributed by atoms with Crippen LogP contribution in [0.1, 0.15) is 45.3 Å². The Morgan fingerprint density at radius 3 is 2.42 bits per heavy atom. The molecule has 1 aliphatic rings. The number of piperidine rings is 1. The van der Waals surface area contributed by atoms with Gasteiger partial charge in [-0.2, -0.15) is 4.90 Å². The van der Waals surface area contributed by atoms with E-state index in [4.69, 9.17) is 4.74 Å². The molecule has 6 nitrogen and oxygen atoms in total. The van der Waals surface area contributed by atoms with Crippen molar-refractivity contribution in [3.63, 3.8) is 0 Å². The number of hydrogen-bond acceptors (Lipinski definition) is 5. The van der Waals surface area contributed by atoms with Crippen LogP contribution in [0.4, 0.5) is 4.79 Å². The van der Waals surface area contributed by atoms with Crippen molar-refractivity contribution in [2.75, 3.05) is 0 Å². The zero-order valence-electron chi connectivity index (χ0n) is 13.8. The van der Waals surface area contributed by atoms with Gasteiger partial charge in [-0.05, 0) is 44.9 Å². The number of benzene rings is 1. The predicted molar refractivity (Wildman–Crippen MR) is 89.9 cm³/mol. The number of amides is 3. The maximum atomic E-state index is 12.6. The van der Waals surface area contributed by atoms with E-state index >= 15 is 0 Å². The summed E-state index contributed by atoms with van der Waals surface area (Å²) in [6.45, 7) is 4.95. The van der Waals surface area contributed by atoms with Gasteiger partial charge in [0.1, 0.15) is 5.60 Å². The van der Waals surface area contributed by atoms with Crippen LogP contribution in [0.15, 0.2) is 28.7 Å². The molecule has 2 rings (SSSR count). The van der Waals surface area contributed by atoms with Crippen LogP contribution in [0.25, 0.3) is 0 Å². The number of nitrogens with zero attached hydrogens (tertiary/aromatic N) is 1. The molecule has 1 N–H and O–H groups in total. The van der Waals surface area contributed by atoms with E-state index in [-0.39, 0.29) is 12.8 Å². The fraction of sp³-hybridized carbons (Fsp3) is 0.471. The zero-order chi connectivity index (χ0) is 18.1. The van der Waals surface area contributed by atoms with E-state index in [1.807, 2.05) is 0 Å². The van der Waals surface area contributed by atoms with E-state index in [0.29, 0.717) is 10.5 Å². The van der Waals surface area contributed by atoms with Gasteiger partial charge in [-0.15, -0.1) is 0 Å². The molecular formula is C17H20BrNO5. The third-order valence-corrected chi connectivity index (χ3v) is 4.15. The molecular weight excluding hydrogens is 378 g/mol. The third kappa shape index (κ3) is 4.21. The molecule has 0 radical (unpaired) electrons. The average Bonchev–Trinajstić information content (AvgIpc) is 2.45.